The maximum absolute atomic E-state index is 14.1. The van der Waals surface area contributed by atoms with Crippen molar-refractivity contribution < 1.29 is 27.5 Å². The molecule has 7 heterocycles. The number of fused-ring (bicyclic) bond motifs is 2. The van der Waals surface area contributed by atoms with Gasteiger partial charge in [-0.2, -0.15) is 20.7 Å². The van der Waals surface area contributed by atoms with Gasteiger partial charge in [0.1, 0.15) is 34.5 Å². The summed E-state index contributed by atoms with van der Waals surface area (Å²) in [6, 6.07) is 15.4. The summed E-state index contributed by atoms with van der Waals surface area (Å²) in [7, 11) is -4.01. The van der Waals surface area contributed by atoms with Crippen LogP contribution in [0.3, 0.4) is 0 Å². The maximum atomic E-state index is 14.1. The number of nitrogens with one attached hydrogen (secondary N) is 2. The first-order chi connectivity index (χ1) is 31.9. The van der Waals surface area contributed by atoms with Crippen molar-refractivity contribution in [2.24, 2.45) is 0 Å². The molecule has 2 fully saturated rings. The molecule has 0 spiro atoms. The van der Waals surface area contributed by atoms with E-state index in [1.807, 2.05) is 25.1 Å². The Morgan fingerprint density at radius 1 is 0.879 bits per heavy atom. The predicted molar refractivity (Wildman–Crippen MR) is 244 cm³/mol. The molecule has 18 heteroatoms. The van der Waals surface area contributed by atoms with Crippen LogP contribution in [-0.4, -0.2) is 86.0 Å². The first-order valence-corrected chi connectivity index (χ1v) is 23.2. The number of carbonyl (C=O) groups is 2. The highest BCUT2D eigenvalue weighted by Crippen LogP contribution is 2.37. The Bertz CT molecular complexity index is 3160. The van der Waals surface area contributed by atoms with Crippen LogP contribution in [0.15, 0.2) is 67.4 Å². The van der Waals surface area contributed by atoms with E-state index in [0.717, 1.165) is 31.4 Å². The molecule has 66 heavy (non-hydrogen) atoms. The first-order valence-electron chi connectivity index (χ1n) is 21.6. The molecule has 6 aromatic rings. The summed E-state index contributed by atoms with van der Waals surface area (Å²) >= 11 is 0. The molecule has 2 aliphatic rings. The SMILES string of the molecule is C#CC(=O)NC1CCC(c2ccc(-c3cc(OCC)c(C#CC(=O)NC4(CC)CCN(c5ccc(-c6cc(OCC)cn7ncc(C#N)c67)cn5)CS4(=O)=O)n4ncc(C#N)c34)cn2)CC1. The molecule has 1 aliphatic heterocycles. The quantitative estimate of drug-likeness (QED) is 0.158. The Morgan fingerprint density at radius 2 is 1.58 bits per heavy atom. The Hall–Kier alpha value is -7.93. The second-order valence-corrected chi connectivity index (χ2v) is 18.2. The van der Waals surface area contributed by atoms with Crippen LogP contribution < -0.4 is 25.0 Å². The number of rotatable bonds is 11. The highest BCUT2D eigenvalue weighted by molar-refractivity contribution is 7.92. The largest absolute Gasteiger partial charge is 0.492 e. The van der Waals surface area contributed by atoms with Gasteiger partial charge in [-0.15, -0.1) is 6.42 Å². The molecule has 2 N–H and O–H groups in total. The average Bonchev–Trinajstić information content (AvgIpc) is 3.96. The lowest BCUT2D eigenvalue weighted by atomic mass is 9.83. The van der Waals surface area contributed by atoms with Crippen molar-refractivity contribution in [2.45, 2.75) is 76.1 Å². The minimum absolute atomic E-state index is 0.0377. The second kappa shape index (κ2) is 18.7. The van der Waals surface area contributed by atoms with E-state index >= 15 is 0 Å². The van der Waals surface area contributed by atoms with E-state index in [9.17, 15) is 28.5 Å². The molecule has 6 aromatic heterocycles. The van der Waals surface area contributed by atoms with Crippen molar-refractivity contribution in [2.75, 3.05) is 30.5 Å². The molecular formula is C48H45N11O6S. The number of pyridine rings is 4. The van der Waals surface area contributed by atoms with Crippen molar-refractivity contribution in [3.63, 3.8) is 0 Å². The third-order valence-corrected chi connectivity index (χ3v) is 14.6. The molecule has 0 radical (unpaired) electrons. The van der Waals surface area contributed by atoms with Gasteiger partial charge in [-0.1, -0.05) is 13.0 Å². The monoisotopic (exact) mass is 903 g/mol. The van der Waals surface area contributed by atoms with Gasteiger partial charge in [0.25, 0.3) is 11.8 Å². The molecule has 0 aromatic carbocycles. The van der Waals surface area contributed by atoms with Crippen LogP contribution in [0, 0.1) is 46.8 Å². The average molecular weight is 904 g/mol. The predicted octanol–water partition coefficient (Wildman–Crippen LogP) is 5.28. The molecule has 1 aliphatic carbocycles. The van der Waals surface area contributed by atoms with E-state index in [1.165, 1.54) is 16.9 Å². The first kappa shape index (κ1) is 44.7. The highest BCUT2D eigenvalue weighted by atomic mass is 32.2. The number of terminal acetylenes is 1. The Morgan fingerprint density at radius 3 is 2.21 bits per heavy atom. The summed E-state index contributed by atoms with van der Waals surface area (Å²) < 4.78 is 43.0. The number of ether oxygens (including phenoxy) is 2. The summed E-state index contributed by atoms with van der Waals surface area (Å²) in [4.78, 5) is 34.8. The second-order valence-electron chi connectivity index (χ2n) is 16.0. The van der Waals surface area contributed by atoms with Crippen molar-refractivity contribution >= 4 is 38.5 Å². The number of carbonyl (C=O) groups excluding carboxylic acids is 2. The summed E-state index contributed by atoms with van der Waals surface area (Å²) in [6.45, 7) is 6.33. The van der Waals surface area contributed by atoms with Crippen molar-refractivity contribution in [1.82, 2.24) is 39.8 Å². The van der Waals surface area contributed by atoms with Gasteiger partial charge in [-0.3, -0.25) is 14.6 Å². The lowest BCUT2D eigenvalue weighted by molar-refractivity contribution is -0.117. The number of amides is 2. The molecule has 334 valence electrons. The number of sulfone groups is 1. The van der Waals surface area contributed by atoms with Gasteiger partial charge in [0.15, 0.2) is 21.3 Å². The van der Waals surface area contributed by atoms with Crippen LogP contribution in [-0.2, 0) is 19.4 Å². The zero-order valence-electron chi connectivity index (χ0n) is 36.5. The van der Waals surface area contributed by atoms with Crippen LogP contribution >= 0.6 is 0 Å². The van der Waals surface area contributed by atoms with Gasteiger partial charge >= 0.3 is 0 Å². The minimum atomic E-state index is -4.01. The topological polar surface area (TPSA) is 222 Å². The third-order valence-electron chi connectivity index (χ3n) is 12.2. The zero-order valence-corrected chi connectivity index (χ0v) is 37.4. The van der Waals surface area contributed by atoms with Gasteiger partial charge in [0, 0.05) is 71.2 Å². The van der Waals surface area contributed by atoms with Crippen molar-refractivity contribution in [3.8, 4) is 70.1 Å². The van der Waals surface area contributed by atoms with E-state index in [2.05, 4.69) is 55.7 Å². The molecule has 17 nitrogen and oxygen atoms in total. The molecular weight excluding hydrogens is 859 g/mol. The van der Waals surface area contributed by atoms with Gasteiger partial charge < -0.3 is 25.0 Å². The minimum Gasteiger partial charge on any atom is -0.492 e. The van der Waals surface area contributed by atoms with E-state index in [4.69, 9.17) is 20.9 Å². The number of hydrogen-bond donors (Lipinski definition) is 2. The van der Waals surface area contributed by atoms with E-state index in [1.54, 1.807) is 60.1 Å². The number of nitrogens with zero attached hydrogens (tertiary/aromatic N) is 9. The summed E-state index contributed by atoms with van der Waals surface area (Å²) in [5, 5.41) is 34.2. The number of anilines is 1. The molecule has 8 rings (SSSR count). The molecule has 0 bridgehead atoms. The fraction of sp³-hybridized carbons (Fsp3) is 0.333. The Balaban J connectivity index is 1.01. The molecule has 1 atom stereocenters. The van der Waals surface area contributed by atoms with Crippen molar-refractivity contribution in [3.05, 3.63) is 89.9 Å². The summed E-state index contributed by atoms with van der Waals surface area (Å²) in [5.74, 6) is 7.44. The Kier molecular flexibility index (Phi) is 12.6. The van der Waals surface area contributed by atoms with Crippen molar-refractivity contribution in [1.29, 1.82) is 10.5 Å². The number of nitriles is 2. The standard InChI is InChI=1S/C48H45N11O6S/c1-5-44(60)55-36-13-9-31(10-14-36)40-15-11-32(25-51-40)39-22-42(65-8-4)41(59-47(39)35(24-50)28-54-59)16-18-45(61)56-48(6-2)19-20-57(30-66(48,62)63)43-17-12-33(26-52-43)38-21-37(64-7-3)29-58-46(38)34(23-49)27-53-58/h1,11-12,15,17,21-22,25-29,31,36H,6-10,13-14,19-20,30H2,2-4H3,(H,55,60)(H,56,61). The van der Waals surface area contributed by atoms with Crippen LogP contribution in [0.4, 0.5) is 5.82 Å². The van der Waals surface area contributed by atoms with E-state index < -0.39 is 32.4 Å². The zero-order chi connectivity index (χ0) is 46.6. The van der Waals surface area contributed by atoms with E-state index in [-0.39, 0.29) is 49.2 Å². The highest BCUT2D eigenvalue weighted by Gasteiger charge is 2.47. The number of hydrogen-bond acceptors (Lipinski definition) is 13. The van der Waals surface area contributed by atoms with Crippen LogP contribution in [0.1, 0.15) is 87.7 Å². The lowest BCUT2D eigenvalue weighted by Gasteiger charge is -2.41. The molecule has 1 unspecified atom stereocenters. The van der Waals surface area contributed by atoms with Gasteiger partial charge in [-0.05, 0) is 88.1 Å². The van der Waals surface area contributed by atoms with Gasteiger partial charge in [0.2, 0.25) is 0 Å². The fourth-order valence-electron chi connectivity index (χ4n) is 8.80. The normalized spacial score (nSPS) is 18.8. The number of aromatic nitrogens is 6. The van der Waals surface area contributed by atoms with Crippen LogP contribution in [0.2, 0.25) is 0 Å². The van der Waals surface area contributed by atoms with Gasteiger partial charge in [0.05, 0.1) is 54.0 Å². The molecule has 1 saturated carbocycles. The summed E-state index contributed by atoms with van der Waals surface area (Å²) in [6.07, 6.45) is 16.6. The smallest absolute Gasteiger partial charge is 0.297 e. The maximum Gasteiger partial charge on any atom is 0.297 e. The third kappa shape index (κ3) is 8.54. The summed E-state index contributed by atoms with van der Waals surface area (Å²) in [5.41, 5.74) is 5.49. The lowest BCUT2D eigenvalue weighted by Crippen LogP contribution is -2.61. The van der Waals surface area contributed by atoms with E-state index in [0.29, 0.717) is 62.8 Å². The Labute approximate surface area is 381 Å². The van der Waals surface area contributed by atoms with Crippen LogP contribution in [0.25, 0.3) is 33.3 Å². The van der Waals surface area contributed by atoms with Crippen LogP contribution in [0.5, 0.6) is 11.5 Å². The molecule has 2 amide bonds. The molecule has 1 saturated heterocycles. The van der Waals surface area contributed by atoms with Gasteiger partial charge in [-0.25, -0.2) is 22.4 Å². The fourth-order valence-corrected chi connectivity index (χ4v) is 10.8.